The zero-order valence-electron chi connectivity index (χ0n) is 6.94. The summed E-state index contributed by atoms with van der Waals surface area (Å²) in [6, 6.07) is 6.52. The first-order chi connectivity index (χ1) is 6.11. The second kappa shape index (κ2) is 6.14. The molecule has 0 saturated carbocycles. The highest BCUT2D eigenvalue weighted by Gasteiger charge is 2.01. The zero-order valence-corrected chi connectivity index (χ0v) is 7.69. The maximum atomic E-state index is 10.2. The van der Waals surface area contributed by atoms with Gasteiger partial charge in [-0.3, -0.25) is 14.9 Å². The van der Waals surface area contributed by atoms with Crippen LogP contribution in [0.3, 0.4) is 0 Å². The Balaban J connectivity index is 0.000000424. The average Bonchev–Trinajstić information content (AvgIpc) is 2.05. The molecule has 0 aliphatic rings. The topological polar surface area (TPSA) is 60.2 Å². The third-order valence-electron chi connectivity index (χ3n) is 1.21. The van der Waals surface area contributed by atoms with Crippen LogP contribution in [-0.4, -0.2) is 10.7 Å². The molecule has 1 rings (SSSR count). The Labute approximate surface area is 80.3 Å². The van der Waals surface area contributed by atoms with Crippen molar-refractivity contribution in [2.75, 3.05) is 0 Å². The molecule has 0 N–H and O–H groups in total. The SMILES string of the molecule is Cc1cccc([N+](=O)[O-])c1.O=CCl. The summed E-state index contributed by atoms with van der Waals surface area (Å²) in [6.45, 7) is 1.83. The van der Waals surface area contributed by atoms with E-state index >= 15 is 0 Å². The van der Waals surface area contributed by atoms with E-state index in [2.05, 4.69) is 11.6 Å². The summed E-state index contributed by atoms with van der Waals surface area (Å²) in [4.78, 5) is 18.3. The summed E-state index contributed by atoms with van der Waals surface area (Å²) in [5, 5.41) is 10.2. The fraction of sp³-hybridized carbons (Fsp3) is 0.125. The van der Waals surface area contributed by atoms with Gasteiger partial charge in [0, 0.05) is 12.1 Å². The third-order valence-corrected chi connectivity index (χ3v) is 1.21. The van der Waals surface area contributed by atoms with E-state index in [0.717, 1.165) is 5.56 Å². The van der Waals surface area contributed by atoms with Crippen molar-refractivity contribution in [3.63, 3.8) is 0 Å². The first kappa shape index (κ1) is 11.6. The van der Waals surface area contributed by atoms with Gasteiger partial charge in [0.05, 0.1) is 4.92 Å². The number of nitro benzene ring substituents is 1. The summed E-state index contributed by atoms with van der Waals surface area (Å²) in [5.74, 6) is 0.222. The Kier molecular flexibility index (Phi) is 5.47. The molecule has 0 amide bonds. The highest BCUT2D eigenvalue weighted by atomic mass is 35.5. The standard InChI is InChI=1S/C7H7NO2.CHClO/c1-6-3-2-4-7(5-6)8(9)10;2-1-3/h2-5H,1H3;1H. The summed E-state index contributed by atoms with van der Waals surface area (Å²) >= 11 is 4.32. The first-order valence-electron chi connectivity index (χ1n) is 3.36. The van der Waals surface area contributed by atoms with Crippen LogP contribution < -0.4 is 0 Å². The molecule has 0 spiro atoms. The molecule has 1 aromatic rings. The van der Waals surface area contributed by atoms with E-state index in [-0.39, 0.29) is 11.4 Å². The predicted molar refractivity (Wildman–Crippen MR) is 50.4 cm³/mol. The number of nitro groups is 1. The number of non-ortho nitro benzene ring substituents is 1. The lowest BCUT2D eigenvalue weighted by Gasteiger charge is -1.90. The van der Waals surface area contributed by atoms with Gasteiger partial charge in [-0.1, -0.05) is 12.1 Å². The minimum Gasteiger partial charge on any atom is -0.285 e. The highest BCUT2D eigenvalue weighted by Crippen LogP contribution is 2.11. The van der Waals surface area contributed by atoms with Crippen LogP contribution in [0.4, 0.5) is 5.69 Å². The molecule has 13 heavy (non-hydrogen) atoms. The summed E-state index contributed by atoms with van der Waals surface area (Å²) in [7, 11) is 0. The van der Waals surface area contributed by atoms with Crippen LogP contribution in [0.15, 0.2) is 24.3 Å². The minimum atomic E-state index is -0.396. The van der Waals surface area contributed by atoms with Crippen LogP contribution in [0, 0.1) is 17.0 Å². The van der Waals surface area contributed by atoms with Crippen molar-refractivity contribution in [3.8, 4) is 0 Å². The number of nitrogens with zero attached hydrogens (tertiary/aromatic N) is 1. The van der Waals surface area contributed by atoms with Crippen LogP contribution >= 0.6 is 11.6 Å². The second-order valence-corrected chi connectivity index (χ2v) is 2.36. The molecule has 0 aromatic heterocycles. The fourth-order valence-electron chi connectivity index (χ4n) is 0.742. The number of carbonyl (C=O) groups is 1. The zero-order chi connectivity index (χ0) is 10.3. The Bertz CT molecular complexity index is 301. The van der Waals surface area contributed by atoms with Crippen molar-refractivity contribution in [1.82, 2.24) is 0 Å². The number of hydrogen-bond acceptors (Lipinski definition) is 3. The van der Waals surface area contributed by atoms with Crippen molar-refractivity contribution in [2.24, 2.45) is 0 Å². The lowest BCUT2D eigenvalue weighted by molar-refractivity contribution is -0.384. The van der Waals surface area contributed by atoms with Crippen LogP contribution in [0.5, 0.6) is 0 Å². The molecule has 1 aromatic carbocycles. The number of halogens is 1. The van der Waals surface area contributed by atoms with Gasteiger partial charge in [0.2, 0.25) is 5.75 Å². The number of aryl methyl sites for hydroxylation is 1. The summed E-state index contributed by atoms with van der Waals surface area (Å²) < 4.78 is 0. The largest absolute Gasteiger partial charge is 0.285 e. The van der Waals surface area contributed by atoms with Gasteiger partial charge in [-0.25, -0.2) is 0 Å². The molecular formula is C8H8ClNO3. The van der Waals surface area contributed by atoms with Crippen molar-refractivity contribution in [2.45, 2.75) is 6.92 Å². The third kappa shape index (κ3) is 4.92. The maximum Gasteiger partial charge on any atom is 0.269 e. The van der Waals surface area contributed by atoms with Gasteiger partial charge in [0.25, 0.3) is 5.69 Å². The molecule has 0 radical (unpaired) electrons. The summed E-state index contributed by atoms with van der Waals surface area (Å²) in [5.41, 5.74) is 1.06. The Hall–Kier alpha value is -1.42. The molecular weight excluding hydrogens is 194 g/mol. The fourth-order valence-corrected chi connectivity index (χ4v) is 0.742. The number of carbonyl (C=O) groups excluding carboxylic acids is 1. The van der Waals surface area contributed by atoms with E-state index in [1.807, 2.05) is 13.0 Å². The van der Waals surface area contributed by atoms with Gasteiger partial charge in [0.1, 0.15) is 0 Å². The normalized spacial score (nSPS) is 8.15. The van der Waals surface area contributed by atoms with Gasteiger partial charge < -0.3 is 0 Å². The molecule has 4 nitrogen and oxygen atoms in total. The van der Waals surface area contributed by atoms with E-state index in [1.165, 1.54) is 6.07 Å². The monoisotopic (exact) mass is 201 g/mol. The van der Waals surface area contributed by atoms with E-state index in [1.54, 1.807) is 12.1 Å². The van der Waals surface area contributed by atoms with E-state index in [9.17, 15) is 10.1 Å². The summed E-state index contributed by atoms with van der Waals surface area (Å²) in [6.07, 6.45) is 0. The van der Waals surface area contributed by atoms with Gasteiger partial charge in [-0.05, 0) is 24.1 Å². The molecule has 0 atom stereocenters. The maximum absolute atomic E-state index is 10.2. The van der Waals surface area contributed by atoms with Crippen LogP contribution in [0.1, 0.15) is 5.56 Å². The van der Waals surface area contributed by atoms with Gasteiger partial charge in [0.15, 0.2) is 0 Å². The molecule has 0 bridgehead atoms. The average molecular weight is 202 g/mol. The van der Waals surface area contributed by atoms with E-state index in [4.69, 9.17) is 4.79 Å². The predicted octanol–water partition coefficient (Wildman–Crippen LogP) is 2.32. The highest BCUT2D eigenvalue weighted by molar-refractivity contribution is 6.54. The number of hydrogen-bond donors (Lipinski definition) is 0. The van der Waals surface area contributed by atoms with Gasteiger partial charge in [-0.15, -0.1) is 0 Å². The first-order valence-corrected chi connectivity index (χ1v) is 3.80. The van der Waals surface area contributed by atoms with Crippen LogP contribution in [-0.2, 0) is 4.79 Å². The van der Waals surface area contributed by atoms with Gasteiger partial charge in [-0.2, -0.15) is 0 Å². The van der Waals surface area contributed by atoms with E-state index < -0.39 is 4.92 Å². The Morgan fingerprint density at radius 2 is 2.08 bits per heavy atom. The molecule has 70 valence electrons. The number of rotatable bonds is 1. The van der Waals surface area contributed by atoms with E-state index in [0.29, 0.717) is 0 Å². The second-order valence-electron chi connectivity index (χ2n) is 2.19. The quantitative estimate of drug-likeness (QED) is 0.303. The Morgan fingerprint density at radius 1 is 1.54 bits per heavy atom. The molecule has 0 heterocycles. The Morgan fingerprint density at radius 3 is 2.38 bits per heavy atom. The van der Waals surface area contributed by atoms with Crippen molar-refractivity contribution >= 4 is 23.0 Å². The number of benzene rings is 1. The molecule has 0 aliphatic heterocycles. The van der Waals surface area contributed by atoms with Crippen LogP contribution in [0.2, 0.25) is 0 Å². The van der Waals surface area contributed by atoms with Gasteiger partial charge >= 0.3 is 0 Å². The molecule has 5 heteroatoms. The molecule has 0 aliphatic carbocycles. The lowest BCUT2D eigenvalue weighted by atomic mass is 10.2. The molecule has 0 fully saturated rings. The molecule has 0 saturated heterocycles. The molecule has 0 unspecified atom stereocenters. The van der Waals surface area contributed by atoms with Crippen molar-refractivity contribution in [3.05, 3.63) is 39.9 Å². The van der Waals surface area contributed by atoms with Crippen molar-refractivity contribution in [1.29, 1.82) is 0 Å². The minimum absolute atomic E-state index is 0.153. The van der Waals surface area contributed by atoms with Crippen LogP contribution in [0.25, 0.3) is 0 Å². The van der Waals surface area contributed by atoms with Crippen molar-refractivity contribution < 1.29 is 9.72 Å². The smallest absolute Gasteiger partial charge is 0.269 e. The lowest BCUT2D eigenvalue weighted by Crippen LogP contribution is -1.86.